The zero-order valence-electron chi connectivity index (χ0n) is 22.0. The van der Waals surface area contributed by atoms with Crippen molar-refractivity contribution in [3.05, 3.63) is 58.7 Å². The van der Waals surface area contributed by atoms with Gasteiger partial charge in [0.15, 0.2) is 11.5 Å². The lowest BCUT2D eigenvalue weighted by Gasteiger charge is -2.35. The maximum Gasteiger partial charge on any atom is 0.331 e. The van der Waals surface area contributed by atoms with Crippen molar-refractivity contribution in [3.63, 3.8) is 0 Å². The average molecular weight is 534 g/mol. The van der Waals surface area contributed by atoms with Crippen molar-refractivity contribution in [2.75, 3.05) is 27.5 Å². The molecular formula is C29H31N3O7. The molecule has 5 amide bonds. The lowest BCUT2D eigenvalue weighted by atomic mass is 9.92. The summed E-state index contributed by atoms with van der Waals surface area (Å²) in [6.07, 6.45) is 6.15. The fourth-order valence-corrected chi connectivity index (χ4v) is 5.32. The minimum atomic E-state index is -0.765. The first-order valence-corrected chi connectivity index (χ1v) is 13.1. The summed E-state index contributed by atoms with van der Waals surface area (Å²) in [5.41, 5.74) is 1.56. The molecule has 0 spiro atoms. The molecule has 2 aromatic carbocycles. The molecule has 0 atom stereocenters. The Balaban J connectivity index is 1.49. The van der Waals surface area contributed by atoms with Crippen LogP contribution in [0.25, 0.3) is 6.08 Å². The number of hydrogen-bond acceptors (Lipinski definition) is 7. The van der Waals surface area contributed by atoms with Crippen LogP contribution < -0.4 is 19.5 Å². The number of fused-ring (bicyclic) bond motifs is 1. The molecule has 2 aliphatic heterocycles. The molecule has 0 radical (unpaired) electrons. The van der Waals surface area contributed by atoms with Crippen LogP contribution in [-0.2, 0) is 16.0 Å². The smallest absolute Gasteiger partial charge is 0.331 e. The van der Waals surface area contributed by atoms with E-state index in [9.17, 15) is 19.2 Å². The van der Waals surface area contributed by atoms with Gasteiger partial charge in [-0.25, -0.2) is 4.79 Å². The first-order chi connectivity index (χ1) is 18.9. The number of carbonyl (C=O) groups is 4. The first-order valence-electron chi connectivity index (χ1n) is 13.1. The molecule has 10 heteroatoms. The summed E-state index contributed by atoms with van der Waals surface area (Å²) in [7, 11) is 3.18. The van der Waals surface area contributed by atoms with Crippen LogP contribution in [0.5, 0.6) is 17.2 Å². The predicted molar refractivity (Wildman–Crippen MR) is 141 cm³/mol. The van der Waals surface area contributed by atoms with Gasteiger partial charge in [-0.3, -0.25) is 24.6 Å². The fourth-order valence-electron chi connectivity index (χ4n) is 5.32. The molecule has 0 unspecified atom stereocenters. The number of carbonyl (C=O) groups excluding carboxylic acids is 4. The SMILES string of the molecule is COc1c(/C=C2\C(=O)NC(=O)N(C3CCCCC3)C2=O)c(CCN(C)C(=O)c2ccccc2)cc2c1OCO2. The topological polar surface area (TPSA) is 114 Å². The van der Waals surface area contributed by atoms with E-state index in [-0.39, 0.29) is 24.3 Å². The molecule has 2 fully saturated rings. The summed E-state index contributed by atoms with van der Waals surface area (Å²) in [4.78, 5) is 54.8. The molecule has 5 rings (SSSR count). The van der Waals surface area contributed by atoms with Crippen LogP contribution >= 0.6 is 0 Å². The van der Waals surface area contributed by atoms with E-state index in [2.05, 4.69) is 5.32 Å². The summed E-state index contributed by atoms with van der Waals surface area (Å²) in [5, 5.41) is 2.33. The largest absolute Gasteiger partial charge is 0.492 e. The number of urea groups is 1. The lowest BCUT2D eigenvalue weighted by molar-refractivity contribution is -0.132. The summed E-state index contributed by atoms with van der Waals surface area (Å²) in [6, 6.07) is 9.81. The van der Waals surface area contributed by atoms with E-state index >= 15 is 0 Å². The number of hydrogen-bond donors (Lipinski definition) is 1. The van der Waals surface area contributed by atoms with Gasteiger partial charge in [0.2, 0.25) is 12.5 Å². The van der Waals surface area contributed by atoms with Crippen LogP contribution in [0.1, 0.15) is 53.6 Å². The van der Waals surface area contributed by atoms with Gasteiger partial charge in [-0.2, -0.15) is 0 Å². The molecule has 10 nitrogen and oxygen atoms in total. The van der Waals surface area contributed by atoms with Crippen LogP contribution in [0.4, 0.5) is 4.79 Å². The number of nitrogens with zero attached hydrogens (tertiary/aromatic N) is 2. The molecule has 1 N–H and O–H groups in total. The minimum Gasteiger partial charge on any atom is -0.492 e. The Hall–Kier alpha value is -4.34. The van der Waals surface area contributed by atoms with E-state index < -0.39 is 17.8 Å². The van der Waals surface area contributed by atoms with Gasteiger partial charge in [-0.05, 0) is 49.1 Å². The number of imide groups is 2. The second kappa shape index (κ2) is 11.2. The first kappa shape index (κ1) is 26.3. The molecule has 1 saturated carbocycles. The molecule has 1 aliphatic carbocycles. The monoisotopic (exact) mass is 533 g/mol. The zero-order chi connectivity index (χ0) is 27.5. The van der Waals surface area contributed by atoms with Crippen molar-refractivity contribution >= 4 is 29.8 Å². The van der Waals surface area contributed by atoms with Gasteiger partial charge in [0, 0.05) is 30.8 Å². The summed E-state index contributed by atoms with van der Waals surface area (Å²) >= 11 is 0. The third-order valence-electron chi connectivity index (χ3n) is 7.39. The average Bonchev–Trinajstić information content (AvgIpc) is 3.42. The van der Waals surface area contributed by atoms with E-state index in [1.54, 1.807) is 30.1 Å². The van der Waals surface area contributed by atoms with Crippen molar-refractivity contribution in [2.24, 2.45) is 0 Å². The van der Waals surface area contributed by atoms with Crippen molar-refractivity contribution in [2.45, 2.75) is 44.6 Å². The third-order valence-corrected chi connectivity index (χ3v) is 7.39. The standard InChI is InChI=1S/C29H31N3O7/c1-31(27(34)18-9-5-3-6-10-18)14-13-19-15-23-25(39-17-38-23)24(37-2)21(19)16-22-26(33)30-29(36)32(28(22)35)20-11-7-4-8-12-20/h3,5-6,9-10,15-16,20H,4,7-8,11-14,17H2,1-2H3,(H,30,33,36)/b22-16+. The van der Waals surface area contributed by atoms with Crippen LogP contribution in [0.3, 0.4) is 0 Å². The second-order valence-corrected chi connectivity index (χ2v) is 9.84. The molecule has 2 heterocycles. The highest BCUT2D eigenvalue weighted by Crippen LogP contribution is 2.46. The number of rotatable bonds is 7. The van der Waals surface area contributed by atoms with Crippen molar-refractivity contribution in [1.29, 1.82) is 0 Å². The van der Waals surface area contributed by atoms with Crippen LogP contribution in [0.15, 0.2) is 42.0 Å². The van der Waals surface area contributed by atoms with E-state index in [1.165, 1.54) is 18.1 Å². The highest BCUT2D eigenvalue weighted by Gasteiger charge is 2.40. The van der Waals surface area contributed by atoms with E-state index in [0.29, 0.717) is 59.7 Å². The Bertz CT molecular complexity index is 1330. The van der Waals surface area contributed by atoms with Gasteiger partial charge in [-0.15, -0.1) is 0 Å². The Kier molecular flexibility index (Phi) is 7.53. The predicted octanol–water partition coefficient (Wildman–Crippen LogP) is 3.53. The van der Waals surface area contributed by atoms with Gasteiger partial charge < -0.3 is 19.1 Å². The number of likely N-dealkylation sites (N-methyl/N-ethyl adjacent to an activating group) is 1. The second-order valence-electron chi connectivity index (χ2n) is 9.84. The zero-order valence-corrected chi connectivity index (χ0v) is 22.0. The summed E-state index contributed by atoms with van der Waals surface area (Å²) in [5.74, 6) is -0.375. The highest BCUT2D eigenvalue weighted by molar-refractivity contribution is 6.31. The number of amides is 5. The molecule has 204 valence electrons. The molecule has 1 saturated heterocycles. The third kappa shape index (κ3) is 5.19. The van der Waals surface area contributed by atoms with Crippen molar-refractivity contribution in [3.8, 4) is 17.2 Å². The number of barbiturate groups is 1. The van der Waals surface area contributed by atoms with Gasteiger partial charge in [-0.1, -0.05) is 37.5 Å². The van der Waals surface area contributed by atoms with Crippen molar-refractivity contribution in [1.82, 2.24) is 15.1 Å². The molecule has 3 aliphatic rings. The Morgan fingerprint density at radius 3 is 2.59 bits per heavy atom. The molecule has 0 aromatic heterocycles. The highest BCUT2D eigenvalue weighted by atomic mass is 16.7. The van der Waals surface area contributed by atoms with Crippen molar-refractivity contribution < 1.29 is 33.4 Å². The number of methoxy groups -OCH3 is 1. The van der Waals surface area contributed by atoms with Gasteiger partial charge in [0.1, 0.15) is 5.57 Å². The number of ether oxygens (including phenoxy) is 3. The van der Waals surface area contributed by atoms with Crippen LogP contribution in [-0.4, -0.2) is 67.1 Å². The van der Waals surface area contributed by atoms with E-state index in [0.717, 1.165) is 19.3 Å². The van der Waals surface area contributed by atoms with Gasteiger partial charge in [0.05, 0.1) is 7.11 Å². The Labute approximate surface area is 226 Å². The lowest BCUT2D eigenvalue weighted by Crippen LogP contribution is -2.58. The fraction of sp³-hybridized carbons (Fsp3) is 0.379. The van der Waals surface area contributed by atoms with Gasteiger partial charge in [0.25, 0.3) is 17.7 Å². The van der Waals surface area contributed by atoms with E-state index in [1.807, 2.05) is 18.2 Å². The maximum absolute atomic E-state index is 13.5. The van der Waals surface area contributed by atoms with Crippen LogP contribution in [0.2, 0.25) is 0 Å². The molecule has 2 aromatic rings. The summed E-state index contributed by atoms with van der Waals surface area (Å²) < 4.78 is 16.9. The molecule has 39 heavy (non-hydrogen) atoms. The van der Waals surface area contributed by atoms with Crippen LogP contribution in [0, 0.1) is 0 Å². The molecular weight excluding hydrogens is 502 g/mol. The molecule has 0 bridgehead atoms. The summed E-state index contributed by atoms with van der Waals surface area (Å²) in [6.45, 7) is 0.348. The Morgan fingerprint density at radius 1 is 1.13 bits per heavy atom. The Morgan fingerprint density at radius 2 is 1.87 bits per heavy atom. The normalized spacial score (nSPS) is 18.4. The van der Waals surface area contributed by atoms with E-state index in [4.69, 9.17) is 14.2 Å². The number of nitrogens with one attached hydrogen (secondary N) is 1. The minimum absolute atomic E-state index is 0.000923. The maximum atomic E-state index is 13.5. The van der Waals surface area contributed by atoms with Gasteiger partial charge >= 0.3 is 6.03 Å². The quantitative estimate of drug-likeness (QED) is 0.428. The number of benzene rings is 2.